The van der Waals surface area contributed by atoms with E-state index >= 15 is 0 Å². The first-order valence-corrected chi connectivity index (χ1v) is 25.4. The zero-order chi connectivity index (χ0) is 61.0. The van der Waals surface area contributed by atoms with Gasteiger partial charge in [0.2, 0.25) is 12.2 Å². The SMILES string of the molecule is CC(=O)OCC1O[C@@H](OC(=N)C(Cl)(Cl)Cl)C(N=[N+]=[N-])[C@@H](O[C@@H]2OC(C)C(OC(C)=O)[C@@H](OC(C)=O)C2OC(C)=O)C1O[C@@H]1OC(COC(C)=O)C(OC(C)=O)[C@H](OC(C)=O)C1OC1OC(C)[C@@H](OC(C)=O)C(OC(C)=O)[C@@H]1OC(C)=O. The number of esters is 10. The Kier molecular flexibility index (Phi) is 24.9. The van der Waals surface area contributed by atoms with Crippen molar-refractivity contribution in [1.29, 1.82) is 5.41 Å². The molecule has 4 rings (SSSR count). The van der Waals surface area contributed by atoms with Crippen molar-refractivity contribution in [3.8, 4) is 0 Å². The lowest BCUT2D eigenvalue weighted by Gasteiger charge is -2.51. The molecule has 4 fully saturated rings. The van der Waals surface area contributed by atoms with Crippen LogP contribution in [0.15, 0.2) is 5.11 Å². The summed E-state index contributed by atoms with van der Waals surface area (Å²) in [4.78, 5) is 130. The summed E-state index contributed by atoms with van der Waals surface area (Å²) in [7, 11) is 0. The minimum absolute atomic E-state index is 0.823. The van der Waals surface area contributed by atoms with Crippen molar-refractivity contribution in [2.75, 3.05) is 13.2 Å². The van der Waals surface area contributed by atoms with Crippen LogP contribution in [0.1, 0.15) is 83.1 Å². The second-order valence-corrected chi connectivity index (χ2v) is 20.4. The molecule has 12 unspecified atom stereocenters. The molecule has 0 aromatic heterocycles. The van der Waals surface area contributed by atoms with Gasteiger partial charge in [-0.3, -0.25) is 53.4 Å². The fourth-order valence-electron chi connectivity index (χ4n) is 8.76. The number of hydrogen-bond donors (Lipinski definition) is 1. The third-order valence-corrected chi connectivity index (χ3v) is 12.0. The van der Waals surface area contributed by atoms with Crippen molar-refractivity contribution in [2.24, 2.45) is 5.11 Å². The maximum atomic E-state index is 13.2. The van der Waals surface area contributed by atoms with Crippen molar-refractivity contribution in [1.82, 2.24) is 0 Å². The predicted molar refractivity (Wildman–Crippen MR) is 260 cm³/mol. The van der Waals surface area contributed by atoms with Crippen LogP contribution in [0, 0.1) is 5.41 Å². The monoisotopic (exact) mass is 1220 g/mol. The Morgan fingerprint density at radius 2 is 0.728 bits per heavy atom. The first-order chi connectivity index (χ1) is 37.7. The van der Waals surface area contributed by atoms with Gasteiger partial charge in [0.1, 0.15) is 43.7 Å². The molecular formula is C46H61Cl3N4O28. The Bertz CT molecular complexity index is 2390. The molecule has 454 valence electrons. The van der Waals surface area contributed by atoms with Crippen molar-refractivity contribution in [3.05, 3.63) is 10.4 Å². The van der Waals surface area contributed by atoms with Crippen LogP contribution in [0.3, 0.4) is 0 Å². The van der Waals surface area contributed by atoms with Crippen molar-refractivity contribution in [2.45, 2.75) is 210 Å². The summed E-state index contributed by atoms with van der Waals surface area (Å²) in [5, 5.41) is 12.3. The summed E-state index contributed by atoms with van der Waals surface area (Å²) in [6, 6.07) is -2.06. The summed E-state index contributed by atoms with van der Waals surface area (Å²) in [5.74, 6) is -11.1. The number of carbonyl (C=O) groups is 10. The first-order valence-electron chi connectivity index (χ1n) is 24.3. The van der Waals surface area contributed by atoms with Gasteiger partial charge in [0.05, 0.1) is 12.2 Å². The van der Waals surface area contributed by atoms with Gasteiger partial charge in [0.25, 0.3) is 3.79 Å². The molecule has 0 aromatic rings. The molecule has 0 aromatic carbocycles. The maximum absolute atomic E-state index is 13.2. The molecule has 4 saturated heterocycles. The van der Waals surface area contributed by atoms with E-state index in [0.29, 0.717) is 0 Å². The van der Waals surface area contributed by atoms with E-state index in [2.05, 4.69) is 10.0 Å². The number of alkyl halides is 3. The minimum atomic E-state index is -2.65. The maximum Gasteiger partial charge on any atom is 0.303 e. The molecule has 81 heavy (non-hydrogen) atoms. The number of halogens is 3. The van der Waals surface area contributed by atoms with E-state index in [1.54, 1.807) is 0 Å². The van der Waals surface area contributed by atoms with E-state index in [9.17, 15) is 53.5 Å². The Balaban J connectivity index is 2.11. The van der Waals surface area contributed by atoms with Gasteiger partial charge in [-0.2, -0.15) is 0 Å². The van der Waals surface area contributed by atoms with Gasteiger partial charge in [0, 0.05) is 74.1 Å². The molecule has 0 spiro atoms. The van der Waals surface area contributed by atoms with Crippen LogP contribution >= 0.6 is 34.8 Å². The summed E-state index contributed by atoms with van der Waals surface area (Å²) in [6.45, 7) is 10.7. The van der Waals surface area contributed by atoms with Gasteiger partial charge in [0.15, 0.2) is 73.8 Å². The Morgan fingerprint density at radius 3 is 1.10 bits per heavy atom. The second kappa shape index (κ2) is 29.9. The molecule has 0 saturated carbocycles. The number of ether oxygens (including phenoxy) is 18. The van der Waals surface area contributed by atoms with E-state index in [1.165, 1.54) is 13.8 Å². The van der Waals surface area contributed by atoms with E-state index in [1.807, 2.05) is 0 Å². The first kappa shape index (κ1) is 67.6. The van der Waals surface area contributed by atoms with Crippen LogP contribution in [0.5, 0.6) is 0 Å². The third kappa shape index (κ3) is 19.3. The molecule has 0 bridgehead atoms. The minimum Gasteiger partial charge on any atom is -0.463 e. The average molecular weight is 1220 g/mol. The number of hydrogen-bond acceptors (Lipinski definition) is 30. The largest absolute Gasteiger partial charge is 0.463 e. The van der Waals surface area contributed by atoms with Gasteiger partial charge < -0.3 is 85.3 Å². The van der Waals surface area contributed by atoms with E-state index in [4.69, 9.17) is 125 Å². The summed E-state index contributed by atoms with van der Waals surface area (Å²) < 4.78 is 103. The Labute approximate surface area is 476 Å². The molecule has 32 nitrogen and oxygen atoms in total. The van der Waals surface area contributed by atoms with Gasteiger partial charge in [-0.25, -0.2) is 0 Å². The third-order valence-electron chi connectivity index (χ3n) is 11.5. The fraction of sp³-hybridized carbons (Fsp3) is 0.761. The highest BCUT2D eigenvalue weighted by atomic mass is 35.6. The van der Waals surface area contributed by atoms with Crippen LogP contribution in [-0.4, -0.2) is 205 Å². The van der Waals surface area contributed by atoms with E-state index in [0.717, 1.165) is 69.2 Å². The highest BCUT2D eigenvalue weighted by Crippen LogP contribution is 2.41. The van der Waals surface area contributed by atoms with Gasteiger partial charge in [-0.1, -0.05) is 39.9 Å². The Morgan fingerprint density at radius 1 is 0.420 bits per heavy atom. The van der Waals surface area contributed by atoms with Crippen LogP contribution in [-0.2, 0) is 133 Å². The molecule has 4 heterocycles. The number of nitrogens with one attached hydrogen (secondary N) is 1. The average Bonchev–Trinajstić information content (AvgIpc) is 3.37. The number of nitrogens with zero attached hydrogens (tertiary/aromatic N) is 3. The topological polar surface area (TPSA) is 409 Å². The lowest BCUT2D eigenvalue weighted by Crippen LogP contribution is -2.69. The zero-order valence-corrected chi connectivity index (χ0v) is 47.6. The summed E-state index contributed by atoms with van der Waals surface area (Å²) in [5.41, 5.74) is 10.2. The number of rotatable bonds is 20. The van der Waals surface area contributed by atoms with Crippen molar-refractivity contribution < 1.29 is 133 Å². The van der Waals surface area contributed by atoms with Crippen LogP contribution < -0.4 is 0 Å². The predicted octanol–water partition coefficient (Wildman–Crippen LogP) is 1.70. The van der Waals surface area contributed by atoms with Crippen molar-refractivity contribution >= 4 is 100 Å². The molecular weight excluding hydrogens is 1160 g/mol. The van der Waals surface area contributed by atoms with Gasteiger partial charge in [-0.05, 0) is 19.4 Å². The zero-order valence-electron chi connectivity index (χ0n) is 45.4. The molecule has 0 radical (unpaired) electrons. The molecule has 0 amide bonds. The molecule has 1 N–H and O–H groups in total. The molecule has 35 heteroatoms. The second-order valence-electron chi connectivity index (χ2n) is 18.1. The fourth-order valence-corrected chi connectivity index (χ4v) is 8.89. The highest BCUT2D eigenvalue weighted by molar-refractivity contribution is 6.76. The van der Waals surface area contributed by atoms with E-state index < -0.39 is 205 Å². The summed E-state index contributed by atoms with van der Waals surface area (Å²) in [6.07, 6.45) is -35.3. The van der Waals surface area contributed by atoms with Crippen LogP contribution in [0.2, 0.25) is 0 Å². The van der Waals surface area contributed by atoms with Gasteiger partial charge in [-0.15, -0.1) is 0 Å². The van der Waals surface area contributed by atoms with Crippen LogP contribution in [0.25, 0.3) is 10.4 Å². The smallest absolute Gasteiger partial charge is 0.303 e. The molecule has 0 aliphatic carbocycles. The number of azide groups is 1. The Hall–Kier alpha value is -5.93. The number of carbonyl (C=O) groups excluding carboxylic acids is 10. The van der Waals surface area contributed by atoms with Gasteiger partial charge >= 0.3 is 59.7 Å². The van der Waals surface area contributed by atoms with E-state index in [-0.39, 0.29) is 0 Å². The lowest BCUT2D eigenvalue weighted by atomic mass is 9.94. The standard InChI is InChI=1S/C46H61Cl3N4O28/c1-15-30(68-19(5)56)35(71-22(8)59)38(74-25(11)62)42(66-15)79-34-29(52-53-51)41(81-45(50)46(47,48)49)76-27(13-64-17(3)54)32(34)78-44-40(37(73-24(10)61)33(70-21(7)58)28(77-44)14-65-18(4)55)80-43-39(75-26(12)63)36(72-23(9)60)31(16(2)67-43)69-20(6)57/h15-16,27-44,50H,13-14H2,1-12H3/t15?,16?,27?,28?,29?,30?,31-,32?,33?,34-,35-,36?,37+,38?,39+,40?,41+,42+,43?,44+/m1/s1. The van der Waals surface area contributed by atoms with Crippen molar-refractivity contribution in [3.63, 3.8) is 0 Å². The molecule has 4 aliphatic heterocycles. The summed E-state index contributed by atoms with van der Waals surface area (Å²) >= 11 is 18.0. The lowest BCUT2D eigenvalue weighted by molar-refractivity contribution is -0.390. The highest BCUT2D eigenvalue weighted by Gasteiger charge is 2.61. The normalized spacial score (nSPS) is 33.7. The van der Waals surface area contributed by atoms with Crippen LogP contribution in [0.4, 0.5) is 0 Å². The molecule has 20 atom stereocenters. The quantitative estimate of drug-likeness (QED) is 0.0265. The molecule has 4 aliphatic rings.